The van der Waals surface area contributed by atoms with Crippen molar-refractivity contribution in [2.75, 3.05) is 17.3 Å². The van der Waals surface area contributed by atoms with E-state index in [-0.39, 0.29) is 0 Å². The Labute approximate surface area is 184 Å². The smallest absolute Gasteiger partial charge is 0.335 e. The highest BCUT2D eigenvalue weighted by molar-refractivity contribution is 6.32. The lowest BCUT2D eigenvalue weighted by atomic mass is 10.1. The summed E-state index contributed by atoms with van der Waals surface area (Å²) < 4.78 is 5.09. The van der Waals surface area contributed by atoms with E-state index in [1.54, 1.807) is 36.4 Å². The van der Waals surface area contributed by atoms with Crippen LogP contribution < -0.4 is 20.3 Å². The third-order valence-corrected chi connectivity index (χ3v) is 4.84. The number of barbiturate groups is 1. The number of methoxy groups -OCH3 is 1. The summed E-state index contributed by atoms with van der Waals surface area (Å²) in [4.78, 5) is 42.6. The van der Waals surface area contributed by atoms with Gasteiger partial charge in [-0.3, -0.25) is 19.9 Å². The van der Waals surface area contributed by atoms with Crippen molar-refractivity contribution in [2.45, 2.75) is 0 Å². The van der Waals surface area contributed by atoms with Crippen LogP contribution >= 0.6 is 0 Å². The number of anilines is 3. The Kier molecular flexibility index (Phi) is 5.94. The molecular formula is C24H20N4O4. The van der Waals surface area contributed by atoms with E-state index >= 15 is 0 Å². The Morgan fingerprint density at radius 2 is 1.56 bits per heavy atom. The van der Waals surface area contributed by atoms with E-state index in [1.807, 2.05) is 42.5 Å². The number of urea groups is 1. The van der Waals surface area contributed by atoms with E-state index in [0.29, 0.717) is 17.1 Å². The van der Waals surface area contributed by atoms with Crippen LogP contribution in [-0.4, -0.2) is 31.2 Å². The SMILES string of the molecule is COc1ccc(N2C(=O)NC(=O)[C@H](C=Nc3ccc(Nc4ccccc4)cc3)C2=O)cc1. The first-order valence-electron chi connectivity index (χ1n) is 9.84. The molecule has 3 aromatic carbocycles. The van der Waals surface area contributed by atoms with Crippen LogP contribution in [0.25, 0.3) is 0 Å². The number of carbonyl (C=O) groups excluding carboxylic acids is 3. The average molecular weight is 428 g/mol. The molecule has 1 fully saturated rings. The maximum atomic E-state index is 12.9. The molecule has 0 saturated carbocycles. The van der Waals surface area contributed by atoms with Gasteiger partial charge in [0.05, 0.1) is 18.5 Å². The summed E-state index contributed by atoms with van der Waals surface area (Å²) in [6, 6.07) is 22.5. The number of para-hydroxylation sites is 1. The zero-order valence-corrected chi connectivity index (χ0v) is 17.2. The molecule has 1 heterocycles. The van der Waals surface area contributed by atoms with E-state index in [0.717, 1.165) is 16.3 Å². The fourth-order valence-electron chi connectivity index (χ4n) is 3.18. The monoisotopic (exact) mass is 428 g/mol. The van der Waals surface area contributed by atoms with Gasteiger partial charge in [-0.2, -0.15) is 0 Å². The molecule has 0 aromatic heterocycles. The van der Waals surface area contributed by atoms with Gasteiger partial charge in [-0.05, 0) is 60.7 Å². The van der Waals surface area contributed by atoms with Crippen molar-refractivity contribution >= 4 is 46.8 Å². The molecule has 8 nitrogen and oxygen atoms in total. The molecule has 1 saturated heterocycles. The number of amides is 4. The quantitative estimate of drug-likeness (QED) is 0.456. The molecule has 0 unspecified atom stereocenters. The van der Waals surface area contributed by atoms with Crippen LogP contribution in [0.15, 0.2) is 83.9 Å². The van der Waals surface area contributed by atoms with Gasteiger partial charge in [0.15, 0.2) is 5.92 Å². The summed E-state index contributed by atoms with van der Waals surface area (Å²) in [6.45, 7) is 0. The van der Waals surface area contributed by atoms with Gasteiger partial charge in [-0.1, -0.05) is 18.2 Å². The summed E-state index contributed by atoms with van der Waals surface area (Å²) in [5, 5.41) is 5.47. The molecule has 0 radical (unpaired) electrons. The van der Waals surface area contributed by atoms with Crippen LogP contribution in [0.2, 0.25) is 0 Å². The fraction of sp³-hybridized carbons (Fsp3) is 0.0833. The van der Waals surface area contributed by atoms with Crippen molar-refractivity contribution in [3.05, 3.63) is 78.9 Å². The summed E-state index contributed by atoms with van der Waals surface area (Å²) in [5.74, 6) is -2.03. The Bertz CT molecular complexity index is 1160. The Morgan fingerprint density at radius 1 is 0.906 bits per heavy atom. The lowest BCUT2D eigenvalue weighted by Crippen LogP contribution is -2.58. The second-order valence-corrected chi connectivity index (χ2v) is 6.96. The molecule has 1 atom stereocenters. The predicted octanol–water partition coefficient (Wildman–Crippen LogP) is 4.04. The van der Waals surface area contributed by atoms with Crippen molar-refractivity contribution in [1.29, 1.82) is 0 Å². The standard InChI is InChI=1S/C24H20N4O4/c1-32-20-13-11-19(12-14-20)28-23(30)21(22(29)27-24(28)31)15-25-16-7-9-18(10-8-16)26-17-5-3-2-4-6-17/h2-15,21,26H,1H3,(H,27,29,31)/t21-/m0/s1. The zero-order chi connectivity index (χ0) is 22.5. The Balaban J connectivity index is 1.49. The highest BCUT2D eigenvalue weighted by Gasteiger charge is 2.40. The summed E-state index contributed by atoms with van der Waals surface area (Å²) >= 11 is 0. The Morgan fingerprint density at radius 3 is 2.22 bits per heavy atom. The minimum Gasteiger partial charge on any atom is -0.497 e. The fourth-order valence-corrected chi connectivity index (χ4v) is 3.18. The molecule has 1 aliphatic heterocycles. The van der Waals surface area contributed by atoms with Gasteiger partial charge in [-0.15, -0.1) is 0 Å². The highest BCUT2D eigenvalue weighted by Crippen LogP contribution is 2.24. The van der Waals surface area contributed by atoms with Crippen LogP contribution in [0, 0.1) is 5.92 Å². The van der Waals surface area contributed by atoms with Crippen LogP contribution in [-0.2, 0) is 9.59 Å². The van der Waals surface area contributed by atoms with Gasteiger partial charge < -0.3 is 10.1 Å². The van der Waals surface area contributed by atoms with Crippen LogP contribution in [0.5, 0.6) is 5.75 Å². The topological polar surface area (TPSA) is 100 Å². The lowest BCUT2D eigenvalue weighted by molar-refractivity contribution is -0.131. The second-order valence-electron chi connectivity index (χ2n) is 6.96. The van der Waals surface area contributed by atoms with Gasteiger partial charge in [-0.25, -0.2) is 9.69 Å². The maximum absolute atomic E-state index is 12.9. The van der Waals surface area contributed by atoms with E-state index in [2.05, 4.69) is 15.6 Å². The second kappa shape index (κ2) is 9.13. The lowest BCUT2D eigenvalue weighted by Gasteiger charge is -2.28. The van der Waals surface area contributed by atoms with E-state index < -0.39 is 23.8 Å². The van der Waals surface area contributed by atoms with Crippen molar-refractivity contribution in [3.63, 3.8) is 0 Å². The molecule has 1 aliphatic rings. The van der Waals surface area contributed by atoms with Gasteiger partial charge >= 0.3 is 6.03 Å². The number of hydrogen-bond donors (Lipinski definition) is 2. The van der Waals surface area contributed by atoms with Gasteiger partial charge in [0.25, 0.3) is 5.91 Å². The van der Waals surface area contributed by atoms with Crippen LogP contribution in [0.3, 0.4) is 0 Å². The summed E-state index contributed by atoms with van der Waals surface area (Å²) in [6.07, 6.45) is 1.25. The molecule has 160 valence electrons. The summed E-state index contributed by atoms with van der Waals surface area (Å²) in [5.41, 5.74) is 2.72. The summed E-state index contributed by atoms with van der Waals surface area (Å²) in [7, 11) is 1.52. The van der Waals surface area contributed by atoms with Gasteiger partial charge in [0.2, 0.25) is 5.91 Å². The first-order chi connectivity index (χ1) is 15.5. The molecular weight excluding hydrogens is 408 g/mol. The first kappa shape index (κ1) is 20.8. The number of imide groups is 2. The minimum atomic E-state index is -1.23. The van der Waals surface area contributed by atoms with Crippen molar-refractivity contribution < 1.29 is 19.1 Å². The molecule has 2 N–H and O–H groups in total. The molecule has 3 aromatic rings. The molecule has 8 heteroatoms. The molecule has 0 aliphatic carbocycles. The van der Waals surface area contributed by atoms with Crippen LogP contribution in [0.1, 0.15) is 0 Å². The number of aliphatic imine (C=N–C) groups is 1. The average Bonchev–Trinajstić information content (AvgIpc) is 2.81. The molecule has 0 spiro atoms. The van der Waals surface area contributed by atoms with Gasteiger partial charge in [0.1, 0.15) is 5.75 Å². The third-order valence-electron chi connectivity index (χ3n) is 4.84. The minimum absolute atomic E-state index is 0.329. The molecule has 0 bridgehead atoms. The Hall–Kier alpha value is -4.46. The first-order valence-corrected chi connectivity index (χ1v) is 9.84. The number of ether oxygens (including phenoxy) is 1. The molecule has 4 rings (SSSR count). The number of nitrogens with zero attached hydrogens (tertiary/aromatic N) is 2. The number of carbonyl (C=O) groups is 3. The third kappa shape index (κ3) is 4.49. The van der Waals surface area contributed by atoms with Crippen molar-refractivity contribution in [3.8, 4) is 5.75 Å². The number of nitrogens with one attached hydrogen (secondary N) is 2. The number of hydrogen-bond acceptors (Lipinski definition) is 6. The zero-order valence-electron chi connectivity index (χ0n) is 17.2. The van der Waals surface area contributed by atoms with Crippen LogP contribution in [0.4, 0.5) is 27.5 Å². The van der Waals surface area contributed by atoms with E-state index in [9.17, 15) is 14.4 Å². The predicted molar refractivity (Wildman–Crippen MR) is 122 cm³/mol. The number of rotatable bonds is 6. The number of benzene rings is 3. The normalized spacial score (nSPS) is 16.2. The van der Waals surface area contributed by atoms with E-state index in [1.165, 1.54) is 13.3 Å². The van der Waals surface area contributed by atoms with Crippen molar-refractivity contribution in [1.82, 2.24) is 5.32 Å². The van der Waals surface area contributed by atoms with Crippen molar-refractivity contribution in [2.24, 2.45) is 10.9 Å². The van der Waals surface area contributed by atoms with Gasteiger partial charge in [0, 0.05) is 17.6 Å². The largest absolute Gasteiger partial charge is 0.497 e. The van der Waals surface area contributed by atoms with E-state index in [4.69, 9.17) is 4.74 Å². The molecule has 32 heavy (non-hydrogen) atoms. The highest BCUT2D eigenvalue weighted by atomic mass is 16.5. The molecule has 4 amide bonds. The maximum Gasteiger partial charge on any atom is 0.335 e.